The van der Waals surface area contributed by atoms with Gasteiger partial charge in [0.25, 0.3) is 6.43 Å². The Balaban J connectivity index is 2.59. The highest BCUT2D eigenvalue weighted by molar-refractivity contribution is 6.30. The molecular formula is C11H8ClF3N2O. The number of rotatable bonds is 3. The topological polar surface area (TPSA) is 38.1 Å². The van der Waals surface area contributed by atoms with Crippen molar-refractivity contribution in [2.75, 3.05) is 0 Å². The Kier molecular flexibility index (Phi) is 3.58. The van der Waals surface area contributed by atoms with E-state index in [2.05, 4.69) is 5.10 Å². The Hall–Kier alpha value is -1.53. The van der Waals surface area contributed by atoms with Crippen LogP contribution in [0.3, 0.4) is 0 Å². The summed E-state index contributed by atoms with van der Waals surface area (Å²) in [5, 5.41) is 12.5. The van der Waals surface area contributed by atoms with Crippen molar-refractivity contribution in [2.24, 2.45) is 0 Å². The van der Waals surface area contributed by atoms with Crippen molar-refractivity contribution in [1.29, 1.82) is 0 Å². The second kappa shape index (κ2) is 4.99. The fourth-order valence-electron chi connectivity index (χ4n) is 1.55. The van der Waals surface area contributed by atoms with E-state index in [1.165, 1.54) is 18.2 Å². The number of alkyl halides is 2. The maximum Gasteiger partial charge on any atom is 0.282 e. The van der Waals surface area contributed by atoms with Crippen LogP contribution in [0.4, 0.5) is 13.2 Å². The highest BCUT2D eigenvalue weighted by Gasteiger charge is 2.23. The Morgan fingerprint density at radius 2 is 2.11 bits per heavy atom. The molecule has 0 aliphatic rings. The lowest BCUT2D eigenvalue weighted by Crippen LogP contribution is -1.98. The van der Waals surface area contributed by atoms with Gasteiger partial charge in [-0.2, -0.15) is 5.10 Å². The van der Waals surface area contributed by atoms with Gasteiger partial charge in [0.15, 0.2) is 0 Å². The molecule has 0 spiro atoms. The number of benzene rings is 1. The van der Waals surface area contributed by atoms with Gasteiger partial charge in [-0.25, -0.2) is 17.9 Å². The molecule has 0 bridgehead atoms. The third-order valence-electron chi connectivity index (χ3n) is 2.37. The maximum absolute atomic E-state index is 13.1. The molecule has 0 saturated heterocycles. The van der Waals surface area contributed by atoms with E-state index in [4.69, 9.17) is 16.7 Å². The third kappa shape index (κ3) is 2.21. The average Bonchev–Trinajstić information content (AvgIpc) is 2.66. The van der Waals surface area contributed by atoms with Gasteiger partial charge >= 0.3 is 0 Å². The maximum atomic E-state index is 13.1. The van der Waals surface area contributed by atoms with Crippen LogP contribution in [0.25, 0.3) is 5.69 Å². The molecule has 0 aliphatic heterocycles. The molecule has 2 rings (SSSR count). The summed E-state index contributed by atoms with van der Waals surface area (Å²) in [5.41, 5.74) is -0.552. The number of aliphatic hydroxyl groups excluding tert-OH is 1. The molecule has 7 heteroatoms. The fourth-order valence-corrected chi connectivity index (χ4v) is 1.84. The van der Waals surface area contributed by atoms with Gasteiger partial charge in [-0.1, -0.05) is 17.7 Å². The summed E-state index contributed by atoms with van der Waals surface area (Å²) in [5.74, 6) is -0.539. The first-order chi connectivity index (χ1) is 8.54. The van der Waals surface area contributed by atoms with Crippen LogP contribution in [0.5, 0.6) is 0 Å². The number of aromatic nitrogens is 2. The molecule has 1 aromatic heterocycles. The van der Waals surface area contributed by atoms with Crippen molar-refractivity contribution in [1.82, 2.24) is 9.78 Å². The monoisotopic (exact) mass is 276 g/mol. The van der Waals surface area contributed by atoms with Crippen LogP contribution in [0.15, 0.2) is 24.3 Å². The lowest BCUT2D eigenvalue weighted by atomic mass is 10.2. The van der Waals surface area contributed by atoms with Crippen LogP contribution in [0.1, 0.15) is 17.7 Å². The number of hydrogen-bond donors (Lipinski definition) is 1. The summed E-state index contributed by atoms with van der Waals surface area (Å²) < 4.78 is 39.4. The molecule has 3 nitrogen and oxygen atoms in total. The van der Waals surface area contributed by atoms with E-state index in [0.717, 1.165) is 10.7 Å². The highest BCUT2D eigenvalue weighted by atomic mass is 35.5. The van der Waals surface area contributed by atoms with Gasteiger partial charge in [-0.3, -0.25) is 0 Å². The molecule has 2 aromatic rings. The second-order valence-electron chi connectivity index (χ2n) is 3.51. The smallest absolute Gasteiger partial charge is 0.282 e. The predicted octanol–water partition coefficient (Wildman–Crippen LogP) is 3.09. The molecule has 1 aromatic carbocycles. The normalized spacial score (nSPS) is 11.2. The summed E-state index contributed by atoms with van der Waals surface area (Å²) in [6.07, 6.45) is -2.86. The van der Waals surface area contributed by atoms with Crippen LogP contribution in [0.2, 0.25) is 5.15 Å². The van der Waals surface area contributed by atoms with Crippen LogP contribution in [-0.4, -0.2) is 14.9 Å². The van der Waals surface area contributed by atoms with Crippen molar-refractivity contribution in [2.45, 2.75) is 13.0 Å². The number of aliphatic hydroxyl groups is 1. The van der Waals surface area contributed by atoms with Gasteiger partial charge in [0.2, 0.25) is 0 Å². The predicted molar refractivity (Wildman–Crippen MR) is 59.4 cm³/mol. The molecule has 1 N–H and O–H groups in total. The van der Waals surface area contributed by atoms with E-state index in [9.17, 15) is 13.2 Å². The fraction of sp³-hybridized carbons (Fsp3) is 0.182. The van der Waals surface area contributed by atoms with Crippen molar-refractivity contribution in [3.8, 4) is 5.69 Å². The Bertz CT molecular complexity index is 571. The van der Waals surface area contributed by atoms with Crippen molar-refractivity contribution < 1.29 is 18.3 Å². The minimum Gasteiger partial charge on any atom is -0.391 e. The zero-order chi connectivity index (χ0) is 13.3. The lowest BCUT2D eigenvalue weighted by Gasteiger charge is -2.02. The Morgan fingerprint density at radius 3 is 2.61 bits per heavy atom. The van der Waals surface area contributed by atoms with Gasteiger partial charge in [0.05, 0.1) is 12.3 Å². The quantitative estimate of drug-likeness (QED) is 0.935. The van der Waals surface area contributed by atoms with Gasteiger partial charge in [0, 0.05) is 5.56 Å². The van der Waals surface area contributed by atoms with E-state index >= 15 is 0 Å². The van der Waals surface area contributed by atoms with Gasteiger partial charge < -0.3 is 5.11 Å². The van der Waals surface area contributed by atoms with E-state index in [0.29, 0.717) is 0 Å². The summed E-state index contributed by atoms with van der Waals surface area (Å²) in [4.78, 5) is 0. The third-order valence-corrected chi connectivity index (χ3v) is 2.76. The summed E-state index contributed by atoms with van der Waals surface area (Å²) in [6, 6.07) is 5.19. The van der Waals surface area contributed by atoms with Crippen LogP contribution >= 0.6 is 11.6 Å². The molecule has 0 fully saturated rings. The zero-order valence-corrected chi connectivity index (χ0v) is 9.70. The molecule has 18 heavy (non-hydrogen) atoms. The van der Waals surface area contributed by atoms with Crippen molar-refractivity contribution >= 4 is 11.6 Å². The zero-order valence-electron chi connectivity index (χ0n) is 8.95. The van der Waals surface area contributed by atoms with Gasteiger partial charge in [-0.15, -0.1) is 0 Å². The number of nitrogens with zero attached hydrogens (tertiary/aromatic N) is 2. The standard InChI is InChI=1S/C11H8ClF3N2O/c12-10-8(5-18)9(11(14)15)16-17(10)7-3-1-2-6(13)4-7/h1-4,11,18H,5H2. The van der Waals surface area contributed by atoms with E-state index in [1.54, 1.807) is 0 Å². The average molecular weight is 277 g/mol. The minimum absolute atomic E-state index is 0.154. The van der Waals surface area contributed by atoms with Crippen molar-refractivity contribution in [3.05, 3.63) is 46.5 Å². The molecule has 96 valence electrons. The van der Waals surface area contributed by atoms with Crippen molar-refractivity contribution in [3.63, 3.8) is 0 Å². The molecule has 0 atom stereocenters. The van der Waals surface area contributed by atoms with Crippen LogP contribution in [0, 0.1) is 5.82 Å². The van der Waals surface area contributed by atoms with Gasteiger partial charge in [-0.05, 0) is 18.2 Å². The number of halogens is 4. The molecular weight excluding hydrogens is 269 g/mol. The van der Waals surface area contributed by atoms with E-state index < -0.39 is 24.5 Å². The van der Waals surface area contributed by atoms with Crippen LogP contribution < -0.4 is 0 Å². The SMILES string of the molecule is OCc1c(C(F)F)nn(-c2cccc(F)c2)c1Cl. The molecule has 0 saturated carbocycles. The largest absolute Gasteiger partial charge is 0.391 e. The Morgan fingerprint density at radius 1 is 1.39 bits per heavy atom. The molecule has 0 radical (unpaired) electrons. The molecule has 0 amide bonds. The molecule has 1 heterocycles. The Labute approximate surface area is 105 Å². The van der Waals surface area contributed by atoms with E-state index in [-0.39, 0.29) is 16.4 Å². The second-order valence-corrected chi connectivity index (χ2v) is 3.86. The summed E-state index contributed by atoms with van der Waals surface area (Å²) in [7, 11) is 0. The minimum atomic E-state index is -2.86. The summed E-state index contributed by atoms with van der Waals surface area (Å²) in [6.45, 7) is -0.659. The number of hydrogen-bond acceptors (Lipinski definition) is 2. The first-order valence-electron chi connectivity index (χ1n) is 4.97. The molecule has 0 aliphatic carbocycles. The molecule has 0 unspecified atom stereocenters. The lowest BCUT2D eigenvalue weighted by molar-refractivity contribution is 0.141. The van der Waals surface area contributed by atoms with Gasteiger partial charge in [0.1, 0.15) is 16.7 Å². The summed E-state index contributed by atoms with van der Waals surface area (Å²) >= 11 is 5.85. The van der Waals surface area contributed by atoms with Crippen LogP contribution in [-0.2, 0) is 6.61 Å². The first kappa shape index (κ1) is 12.9. The van der Waals surface area contributed by atoms with E-state index in [1.807, 2.05) is 0 Å². The highest BCUT2D eigenvalue weighted by Crippen LogP contribution is 2.30. The first-order valence-corrected chi connectivity index (χ1v) is 5.34.